The molecule has 1 aliphatic rings. The van der Waals surface area contributed by atoms with E-state index in [0.29, 0.717) is 12.0 Å². The summed E-state index contributed by atoms with van der Waals surface area (Å²) in [6.45, 7) is 4.41. The fraction of sp³-hybridized carbons (Fsp3) is 0.600. The molecular formula is C15H24N2O. The van der Waals surface area contributed by atoms with Crippen LogP contribution in [-0.4, -0.2) is 26.2 Å². The van der Waals surface area contributed by atoms with Gasteiger partial charge in [0.1, 0.15) is 5.75 Å². The van der Waals surface area contributed by atoms with Crippen LogP contribution in [0.2, 0.25) is 0 Å². The Morgan fingerprint density at radius 2 is 2.11 bits per heavy atom. The van der Waals surface area contributed by atoms with Crippen molar-refractivity contribution in [1.82, 2.24) is 0 Å². The molecule has 2 atom stereocenters. The summed E-state index contributed by atoms with van der Waals surface area (Å²) >= 11 is 0. The van der Waals surface area contributed by atoms with Gasteiger partial charge in [-0.05, 0) is 43.0 Å². The van der Waals surface area contributed by atoms with Crippen molar-refractivity contribution in [2.75, 3.05) is 25.1 Å². The molecule has 0 aliphatic carbocycles. The van der Waals surface area contributed by atoms with Gasteiger partial charge in [-0.15, -0.1) is 0 Å². The summed E-state index contributed by atoms with van der Waals surface area (Å²) < 4.78 is 5.18. The van der Waals surface area contributed by atoms with E-state index in [1.165, 1.54) is 18.5 Å². The minimum Gasteiger partial charge on any atom is -0.497 e. The summed E-state index contributed by atoms with van der Waals surface area (Å²) in [5, 5.41) is 0. The zero-order chi connectivity index (χ0) is 13.0. The molecule has 2 rings (SSSR count). The Morgan fingerprint density at radius 1 is 1.39 bits per heavy atom. The first-order valence-corrected chi connectivity index (χ1v) is 6.89. The van der Waals surface area contributed by atoms with Crippen LogP contribution in [0, 0.1) is 5.92 Å². The highest BCUT2D eigenvalue weighted by molar-refractivity contribution is 5.49. The molecule has 1 aromatic carbocycles. The van der Waals surface area contributed by atoms with Gasteiger partial charge < -0.3 is 15.4 Å². The number of methoxy groups -OCH3 is 1. The second-order valence-electron chi connectivity index (χ2n) is 5.15. The number of nitrogens with two attached hydrogens (primary N) is 1. The van der Waals surface area contributed by atoms with Crippen LogP contribution in [0.15, 0.2) is 24.3 Å². The smallest absolute Gasteiger partial charge is 0.119 e. The van der Waals surface area contributed by atoms with Crippen LogP contribution in [-0.2, 0) is 0 Å². The van der Waals surface area contributed by atoms with Crippen LogP contribution in [0.1, 0.15) is 26.2 Å². The minimum atomic E-state index is 0.359. The zero-order valence-corrected chi connectivity index (χ0v) is 11.4. The highest BCUT2D eigenvalue weighted by Crippen LogP contribution is 2.27. The van der Waals surface area contributed by atoms with Crippen molar-refractivity contribution >= 4 is 5.69 Å². The first-order chi connectivity index (χ1) is 8.74. The maximum atomic E-state index is 6.23. The summed E-state index contributed by atoms with van der Waals surface area (Å²) in [4.78, 5) is 2.43. The van der Waals surface area contributed by atoms with E-state index in [1.807, 2.05) is 12.1 Å². The average Bonchev–Trinajstić information content (AvgIpc) is 2.89. The number of nitrogens with zero attached hydrogens (tertiary/aromatic N) is 1. The lowest BCUT2D eigenvalue weighted by atomic mass is 9.96. The molecule has 3 nitrogen and oxygen atoms in total. The molecule has 1 aliphatic heterocycles. The summed E-state index contributed by atoms with van der Waals surface area (Å²) in [5.41, 5.74) is 7.51. The Hall–Kier alpha value is -1.22. The Kier molecular flexibility index (Phi) is 4.48. The number of benzene rings is 1. The Bertz CT molecular complexity index is 363. The van der Waals surface area contributed by atoms with Gasteiger partial charge in [-0.25, -0.2) is 0 Å². The fourth-order valence-electron chi connectivity index (χ4n) is 2.73. The summed E-state index contributed by atoms with van der Waals surface area (Å²) in [5.74, 6) is 1.56. The molecule has 0 spiro atoms. The average molecular weight is 248 g/mol. The van der Waals surface area contributed by atoms with E-state index < -0.39 is 0 Å². The van der Waals surface area contributed by atoms with Gasteiger partial charge in [-0.2, -0.15) is 0 Å². The maximum absolute atomic E-state index is 6.23. The van der Waals surface area contributed by atoms with Crippen molar-refractivity contribution in [2.24, 2.45) is 11.7 Å². The number of hydrogen-bond acceptors (Lipinski definition) is 3. The summed E-state index contributed by atoms with van der Waals surface area (Å²) in [6.07, 6.45) is 3.54. The van der Waals surface area contributed by atoms with Crippen LogP contribution >= 0.6 is 0 Å². The van der Waals surface area contributed by atoms with Crippen molar-refractivity contribution in [2.45, 2.75) is 32.2 Å². The molecule has 2 unspecified atom stereocenters. The van der Waals surface area contributed by atoms with E-state index >= 15 is 0 Å². The predicted molar refractivity (Wildman–Crippen MR) is 76.2 cm³/mol. The van der Waals surface area contributed by atoms with Gasteiger partial charge in [-0.1, -0.05) is 13.3 Å². The fourth-order valence-corrected chi connectivity index (χ4v) is 2.73. The highest BCUT2D eigenvalue weighted by Gasteiger charge is 2.26. The molecule has 1 saturated heterocycles. The normalized spacial score (nSPS) is 21.1. The number of ether oxygens (including phenoxy) is 1. The predicted octanol–water partition coefficient (Wildman–Crippen LogP) is 2.65. The highest BCUT2D eigenvalue weighted by atomic mass is 16.5. The molecule has 0 radical (unpaired) electrons. The molecule has 0 bridgehead atoms. The van der Waals surface area contributed by atoms with E-state index in [-0.39, 0.29) is 0 Å². The molecule has 1 fully saturated rings. The number of rotatable bonds is 5. The molecule has 1 heterocycles. The van der Waals surface area contributed by atoms with Crippen molar-refractivity contribution < 1.29 is 4.74 Å². The zero-order valence-electron chi connectivity index (χ0n) is 11.4. The molecule has 100 valence electrons. The van der Waals surface area contributed by atoms with Gasteiger partial charge in [0.2, 0.25) is 0 Å². The van der Waals surface area contributed by atoms with Crippen LogP contribution in [0.4, 0.5) is 5.69 Å². The maximum Gasteiger partial charge on any atom is 0.119 e. The Morgan fingerprint density at radius 3 is 2.72 bits per heavy atom. The van der Waals surface area contributed by atoms with Gasteiger partial charge in [0.25, 0.3) is 0 Å². The largest absolute Gasteiger partial charge is 0.497 e. The lowest BCUT2D eigenvalue weighted by Crippen LogP contribution is -2.32. The Balaban J connectivity index is 1.95. The van der Waals surface area contributed by atoms with Crippen LogP contribution in [0.5, 0.6) is 5.75 Å². The molecule has 1 aromatic rings. The van der Waals surface area contributed by atoms with Crippen LogP contribution < -0.4 is 15.4 Å². The molecule has 0 aromatic heterocycles. The van der Waals surface area contributed by atoms with Gasteiger partial charge >= 0.3 is 0 Å². The van der Waals surface area contributed by atoms with Crippen molar-refractivity contribution in [3.63, 3.8) is 0 Å². The Labute approximate surface area is 110 Å². The van der Waals surface area contributed by atoms with Crippen LogP contribution in [0.3, 0.4) is 0 Å². The third kappa shape index (κ3) is 2.96. The van der Waals surface area contributed by atoms with Gasteiger partial charge in [0.05, 0.1) is 7.11 Å². The van der Waals surface area contributed by atoms with Crippen molar-refractivity contribution in [3.8, 4) is 5.75 Å². The van der Waals surface area contributed by atoms with Crippen molar-refractivity contribution in [1.29, 1.82) is 0 Å². The quantitative estimate of drug-likeness (QED) is 0.870. The monoisotopic (exact) mass is 248 g/mol. The lowest BCUT2D eigenvalue weighted by molar-refractivity contribution is 0.414. The minimum absolute atomic E-state index is 0.359. The third-order valence-electron chi connectivity index (χ3n) is 3.89. The topological polar surface area (TPSA) is 38.5 Å². The van der Waals surface area contributed by atoms with Crippen LogP contribution in [0.25, 0.3) is 0 Å². The van der Waals surface area contributed by atoms with Gasteiger partial charge in [0.15, 0.2) is 0 Å². The standard InChI is InChI=1S/C15H24N2O/c1-3-4-15(16)12-9-10-17(11-12)13-5-7-14(18-2)8-6-13/h5-8,12,15H,3-4,9-11,16H2,1-2H3. The first kappa shape index (κ1) is 13.2. The van der Waals surface area contributed by atoms with E-state index in [9.17, 15) is 0 Å². The van der Waals surface area contributed by atoms with Crippen molar-refractivity contribution in [3.05, 3.63) is 24.3 Å². The molecule has 0 saturated carbocycles. The molecule has 0 amide bonds. The summed E-state index contributed by atoms with van der Waals surface area (Å²) in [6, 6.07) is 8.67. The first-order valence-electron chi connectivity index (χ1n) is 6.89. The molecule has 2 N–H and O–H groups in total. The van der Waals surface area contributed by atoms with E-state index in [2.05, 4.69) is 24.0 Å². The van der Waals surface area contributed by atoms with Gasteiger partial charge in [-0.3, -0.25) is 0 Å². The SMILES string of the molecule is CCCC(N)C1CCN(c2ccc(OC)cc2)C1. The molecular weight excluding hydrogens is 224 g/mol. The van der Waals surface area contributed by atoms with E-state index in [1.54, 1.807) is 7.11 Å². The van der Waals surface area contributed by atoms with E-state index in [4.69, 9.17) is 10.5 Å². The molecule has 3 heteroatoms. The second kappa shape index (κ2) is 6.10. The number of hydrogen-bond donors (Lipinski definition) is 1. The third-order valence-corrected chi connectivity index (χ3v) is 3.89. The summed E-state index contributed by atoms with van der Waals surface area (Å²) in [7, 11) is 1.70. The van der Waals surface area contributed by atoms with Gasteiger partial charge in [0, 0.05) is 24.8 Å². The number of anilines is 1. The second-order valence-corrected chi connectivity index (χ2v) is 5.15. The molecule has 18 heavy (non-hydrogen) atoms. The van der Waals surface area contributed by atoms with E-state index in [0.717, 1.165) is 25.3 Å². The lowest BCUT2D eigenvalue weighted by Gasteiger charge is -2.21.